The largest absolute Gasteiger partial charge is 0.489 e. The highest BCUT2D eigenvalue weighted by Gasteiger charge is 2.27. The average Bonchev–Trinajstić information content (AvgIpc) is 3.28. The van der Waals surface area contributed by atoms with E-state index in [-0.39, 0.29) is 37.1 Å². The van der Waals surface area contributed by atoms with E-state index in [4.69, 9.17) is 19.9 Å². The Kier molecular flexibility index (Phi) is 6.08. The molecule has 0 radical (unpaired) electrons. The van der Waals surface area contributed by atoms with Crippen molar-refractivity contribution in [3.05, 3.63) is 48.0 Å². The molecule has 0 spiro atoms. The lowest BCUT2D eigenvalue weighted by molar-refractivity contribution is -0.119. The minimum atomic E-state index is 0. The molecule has 0 aromatic heterocycles. The Morgan fingerprint density at radius 1 is 1.15 bits per heavy atom. The Balaban J connectivity index is 0.00000210. The molecule has 4 rings (SSSR count). The van der Waals surface area contributed by atoms with Crippen LogP contribution in [-0.4, -0.2) is 18.7 Å². The highest BCUT2D eigenvalue weighted by molar-refractivity contribution is 5.92. The van der Waals surface area contributed by atoms with E-state index in [2.05, 4.69) is 5.32 Å². The SMILES string of the molecule is Cl.NC1CCC(C(=O)Nc2cccc(COc3ccc4c(c3)OCO4)c2)C1. The van der Waals surface area contributed by atoms with E-state index in [0.29, 0.717) is 18.1 Å². The third kappa shape index (κ3) is 4.64. The van der Waals surface area contributed by atoms with Gasteiger partial charge in [-0.25, -0.2) is 0 Å². The van der Waals surface area contributed by atoms with Gasteiger partial charge in [0.05, 0.1) is 0 Å². The first-order valence-electron chi connectivity index (χ1n) is 8.85. The number of hydrogen-bond donors (Lipinski definition) is 2. The summed E-state index contributed by atoms with van der Waals surface area (Å²) >= 11 is 0. The van der Waals surface area contributed by atoms with Crippen LogP contribution in [0.4, 0.5) is 5.69 Å². The van der Waals surface area contributed by atoms with Gasteiger partial charge >= 0.3 is 0 Å². The fourth-order valence-electron chi connectivity index (χ4n) is 3.37. The third-order valence-electron chi connectivity index (χ3n) is 4.79. The minimum absolute atomic E-state index is 0. The van der Waals surface area contributed by atoms with Crippen molar-refractivity contribution in [3.63, 3.8) is 0 Å². The smallest absolute Gasteiger partial charge is 0.231 e. The highest BCUT2D eigenvalue weighted by atomic mass is 35.5. The number of ether oxygens (including phenoxy) is 3. The predicted octanol–water partition coefficient (Wildman–Crippen LogP) is 3.48. The van der Waals surface area contributed by atoms with Crippen molar-refractivity contribution in [1.82, 2.24) is 0 Å². The molecule has 2 unspecified atom stereocenters. The zero-order valence-electron chi connectivity index (χ0n) is 14.9. The van der Waals surface area contributed by atoms with Crippen molar-refractivity contribution < 1.29 is 19.0 Å². The summed E-state index contributed by atoms with van der Waals surface area (Å²) in [5, 5.41) is 2.99. The first-order chi connectivity index (χ1) is 12.7. The molecule has 1 saturated carbocycles. The van der Waals surface area contributed by atoms with Crippen LogP contribution < -0.4 is 25.3 Å². The fraction of sp³-hybridized carbons (Fsp3) is 0.350. The molecular weight excluding hydrogens is 368 g/mol. The van der Waals surface area contributed by atoms with Crippen LogP contribution in [0.1, 0.15) is 24.8 Å². The summed E-state index contributed by atoms with van der Waals surface area (Å²) < 4.78 is 16.5. The summed E-state index contributed by atoms with van der Waals surface area (Å²) in [7, 11) is 0. The third-order valence-corrected chi connectivity index (χ3v) is 4.79. The number of rotatable bonds is 5. The first kappa shape index (κ1) is 19.3. The Bertz CT molecular complexity index is 814. The van der Waals surface area contributed by atoms with Crippen LogP contribution >= 0.6 is 12.4 Å². The van der Waals surface area contributed by atoms with Gasteiger partial charge in [0.1, 0.15) is 12.4 Å². The van der Waals surface area contributed by atoms with E-state index in [1.807, 2.05) is 42.5 Å². The van der Waals surface area contributed by atoms with Crippen LogP contribution in [-0.2, 0) is 11.4 Å². The van der Waals surface area contributed by atoms with Gasteiger partial charge in [0.25, 0.3) is 0 Å². The maximum Gasteiger partial charge on any atom is 0.231 e. The van der Waals surface area contributed by atoms with Crippen LogP contribution in [0.2, 0.25) is 0 Å². The number of benzene rings is 2. The second-order valence-electron chi connectivity index (χ2n) is 6.76. The maximum absolute atomic E-state index is 12.3. The normalized spacial score (nSPS) is 20.0. The van der Waals surface area contributed by atoms with Crippen molar-refractivity contribution in [2.24, 2.45) is 11.7 Å². The Morgan fingerprint density at radius 2 is 2.00 bits per heavy atom. The van der Waals surface area contributed by atoms with E-state index in [9.17, 15) is 4.79 Å². The minimum Gasteiger partial charge on any atom is -0.489 e. The molecule has 2 aliphatic rings. The predicted molar refractivity (Wildman–Crippen MR) is 105 cm³/mol. The number of halogens is 1. The highest BCUT2D eigenvalue weighted by Crippen LogP contribution is 2.35. The van der Waals surface area contributed by atoms with Gasteiger partial charge in [0.2, 0.25) is 12.7 Å². The zero-order valence-corrected chi connectivity index (χ0v) is 15.7. The molecule has 7 heteroatoms. The molecule has 144 valence electrons. The van der Waals surface area contributed by atoms with Crippen LogP contribution in [0.5, 0.6) is 17.2 Å². The second-order valence-corrected chi connectivity index (χ2v) is 6.76. The monoisotopic (exact) mass is 390 g/mol. The summed E-state index contributed by atoms with van der Waals surface area (Å²) in [6.45, 7) is 0.643. The number of fused-ring (bicyclic) bond motifs is 1. The molecule has 0 saturated heterocycles. The lowest BCUT2D eigenvalue weighted by Crippen LogP contribution is -2.23. The lowest BCUT2D eigenvalue weighted by atomic mass is 10.1. The number of carbonyl (C=O) groups is 1. The molecular formula is C20H23ClN2O4. The second kappa shape index (κ2) is 8.50. The van der Waals surface area contributed by atoms with Gasteiger partial charge in [-0.05, 0) is 49.1 Å². The Labute approximate surface area is 164 Å². The van der Waals surface area contributed by atoms with Gasteiger partial charge in [-0.3, -0.25) is 4.79 Å². The summed E-state index contributed by atoms with van der Waals surface area (Å²) in [4.78, 5) is 12.3. The van der Waals surface area contributed by atoms with Gasteiger partial charge in [-0.2, -0.15) is 0 Å². The summed E-state index contributed by atoms with van der Waals surface area (Å²) in [5.74, 6) is 2.20. The molecule has 3 N–H and O–H groups in total. The number of carbonyl (C=O) groups excluding carboxylic acids is 1. The molecule has 6 nitrogen and oxygen atoms in total. The topological polar surface area (TPSA) is 82.8 Å². The maximum atomic E-state index is 12.3. The fourth-order valence-corrected chi connectivity index (χ4v) is 3.37. The number of nitrogens with two attached hydrogens (primary N) is 1. The van der Waals surface area contributed by atoms with Gasteiger partial charge in [0, 0.05) is 23.7 Å². The van der Waals surface area contributed by atoms with E-state index in [1.54, 1.807) is 0 Å². The molecule has 2 aromatic rings. The summed E-state index contributed by atoms with van der Waals surface area (Å²) in [6.07, 6.45) is 2.54. The molecule has 0 bridgehead atoms. The van der Waals surface area contributed by atoms with Crippen LogP contribution in [0.3, 0.4) is 0 Å². The number of nitrogens with one attached hydrogen (secondary N) is 1. The number of hydrogen-bond acceptors (Lipinski definition) is 5. The molecule has 1 amide bonds. The van der Waals surface area contributed by atoms with Gasteiger partial charge in [-0.15, -0.1) is 12.4 Å². The number of anilines is 1. The Hall–Kier alpha value is -2.44. The van der Waals surface area contributed by atoms with Crippen molar-refractivity contribution in [2.45, 2.75) is 31.9 Å². The van der Waals surface area contributed by atoms with Gasteiger partial charge < -0.3 is 25.3 Å². The average molecular weight is 391 g/mol. The van der Waals surface area contributed by atoms with Crippen LogP contribution in [0.15, 0.2) is 42.5 Å². The first-order valence-corrected chi connectivity index (χ1v) is 8.85. The van der Waals surface area contributed by atoms with Crippen LogP contribution in [0.25, 0.3) is 0 Å². The Morgan fingerprint density at radius 3 is 2.81 bits per heavy atom. The van der Waals surface area contributed by atoms with E-state index in [0.717, 1.165) is 36.3 Å². The molecule has 2 aromatic carbocycles. The van der Waals surface area contributed by atoms with Crippen LogP contribution in [0, 0.1) is 5.92 Å². The quantitative estimate of drug-likeness (QED) is 0.816. The molecule has 1 heterocycles. The zero-order chi connectivity index (χ0) is 17.9. The van der Waals surface area contributed by atoms with E-state index < -0.39 is 0 Å². The number of amides is 1. The van der Waals surface area contributed by atoms with E-state index in [1.165, 1.54) is 0 Å². The molecule has 1 aliphatic carbocycles. The lowest BCUT2D eigenvalue weighted by Gasteiger charge is -2.12. The van der Waals surface area contributed by atoms with Crippen molar-refractivity contribution in [2.75, 3.05) is 12.1 Å². The van der Waals surface area contributed by atoms with Crippen molar-refractivity contribution in [3.8, 4) is 17.2 Å². The van der Waals surface area contributed by atoms with Gasteiger partial charge in [-0.1, -0.05) is 12.1 Å². The standard InChI is InChI=1S/C20H22N2O4.ClH/c21-15-5-4-14(9-15)20(23)22-16-3-1-2-13(8-16)11-24-17-6-7-18-19(10-17)26-12-25-18;/h1-3,6-8,10,14-15H,4-5,9,11-12,21H2,(H,22,23);1H. The molecule has 1 aliphatic heterocycles. The molecule has 1 fully saturated rings. The van der Waals surface area contributed by atoms with E-state index >= 15 is 0 Å². The molecule has 2 atom stereocenters. The van der Waals surface area contributed by atoms with Crippen molar-refractivity contribution >= 4 is 24.0 Å². The van der Waals surface area contributed by atoms with Gasteiger partial charge in [0.15, 0.2) is 11.5 Å². The van der Waals surface area contributed by atoms with Crippen molar-refractivity contribution in [1.29, 1.82) is 0 Å². The molecule has 27 heavy (non-hydrogen) atoms. The summed E-state index contributed by atoms with van der Waals surface area (Å²) in [5.41, 5.74) is 7.65. The summed E-state index contributed by atoms with van der Waals surface area (Å²) in [6, 6.07) is 13.3.